The molecule has 21 heavy (non-hydrogen) atoms. The number of nitrogens with zero attached hydrogens (tertiary/aromatic N) is 2. The first-order chi connectivity index (χ1) is 10.0. The van der Waals surface area contributed by atoms with Crippen molar-refractivity contribution in [3.05, 3.63) is 42.0 Å². The summed E-state index contributed by atoms with van der Waals surface area (Å²) in [6.07, 6.45) is 0. The van der Waals surface area contributed by atoms with E-state index >= 15 is 0 Å². The minimum absolute atomic E-state index is 0.347. The van der Waals surface area contributed by atoms with Crippen LogP contribution in [0.4, 0.5) is 4.79 Å². The van der Waals surface area contributed by atoms with Gasteiger partial charge in [-0.25, -0.2) is 0 Å². The van der Waals surface area contributed by atoms with Crippen LogP contribution in [-0.2, 0) is 4.79 Å². The van der Waals surface area contributed by atoms with E-state index in [1.807, 2.05) is 12.1 Å². The average molecular weight is 300 g/mol. The van der Waals surface area contributed by atoms with Crippen LogP contribution in [0.25, 0.3) is 10.8 Å². The standard InChI is InChI=1S/C15H12N2O3S/c1-17(9-14(18)19)15(20)21-13-7-3-5-11-10(8-16)4-2-6-12(11)13/h2-7H,9H2,1H3,(H,18,19). The van der Waals surface area contributed by atoms with E-state index in [0.717, 1.165) is 27.4 Å². The van der Waals surface area contributed by atoms with Crippen molar-refractivity contribution in [3.63, 3.8) is 0 Å². The predicted molar refractivity (Wildman–Crippen MR) is 80.2 cm³/mol. The number of rotatable bonds is 3. The first kappa shape index (κ1) is 14.9. The summed E-state index contributed by atoms with van der Waals surface area (Å²) in [5, 5.41) is 19.0. The van der Waals surface area contributed by atoms with Gasteiger partial charge in [-0.1, -0.05) is 24.3 Å². The van der Waals surface area contributed by atoms with Crippen LogP contribution in [0, 0.1) is 11.3 Å². The number of hydrogen-bond acceptors (Lipinski definition) is 4. The number of hydrogen-bond donors (Lipinski definition) is 1. The van der Waals surface area contributed by atoms with Crippen LogP contribution < -0.4 is 0 Å². The normalized spacial score (nSPS) is 10.1. The molecule has 0 atom stereocenters. The molecule has 0 saturated carbocycles. The number of carbonyl (C=O) groups excluding carboxylic acids is 1. The molecule has 0 aliphatic heterocycles. The van der Waals surface area contributed by atoms with Gasteiger partial charge in [-0.3, -0.25) is 9.59 Å². The molecule has 0 bridgehead atoms. The molecule has 0 aliphatic carbocycles. The van der Waals surface area contributed by atoms with Crippen molar-refractivity contribution in [2.24, 2.45) is 0 Å². The molecular weight excluding hydrogens is 288 g/mol. The summed E-state index contributed by atoms with van der Waals surface area (Å²) in [7, 11) is 1.44. The zero-order chi connectivity index (χ0) is 15.4. The third-order valence-electron chi connectivity index (χ3n) is 2.88. The summed E-state index contributed by atoms with van der Waals surface area (Å²) in [6, 6.07) is 12.8. The van der Waals surface area contributed by atoms with E-state index in [4.69, 9.17) is 10.4 Å². The van der Waals surface area contributed by atoms with Gasteiger partial charge in [0.1, 0.15) is 6.54 Å². The molecule has 0 fully saturated rings. The highest BCUT2D eigenvalue weighted by atomic mass is 32.2. The minimum atomic E-state index is -1.06. The molecule has 1 N–H and O–H groups in total. The maximum absolute atomic E-state index is 12.0. The van der Waals surface area contributed by atoms with Crippen molar-refractivity contribution < 1.29 is 14.7 Å². The molecule has 0 aromatic heterocycles. The number of carbonyl (C=O) groups is 2. The summed E-state index contributed by atoms with van der Waals surface area (Å²) >= 11 is 0.957. The third-order valence-corrected chi connectivity index (χ3v) is 3.95. The van der Waals surface area contributed by atoms with Gasteiger partial charge in [-0.2, -0.15) is 5.26 Å². The van der Waals surface area contributed by atoms with Gasteiger partial charge in [-0.05, 0) is 29.3 Å². The van der Waals surface area contributed by atoms with Gasteiger partial charge in [0.2, 0.25) is 0 Å². The summed E-state index contributed by atoms with van der Waals surface area (Å²) in [4.78, 5) is 24.5. The lowest BCUT2D eigenvalue weighted by Gasteiger charge is -2.14. The fourth-order valence-electron chi connectivity index (χ4n) is 1.91. The molecule has 0 saturated heterocycles. The minimum Gasteiger partial charge on any atom is -0.480 e. The van der Waals surface area contributed by atoms with E-state index < -0.39 is 5.97 Å². The smallest absolute Gasteiger partial charge is 0.323 e. The van der Waals surface area contributed by atoms with Gasteiger partial charge >= 0.3 is 5.97 Å². The number of nitriles is 1. The molecule has 0 spiro atoms. The number of likely N-dealkylation sites (N-methyl/N-ethyl adjacent to an activating group) is 1. The van der Waals surface area contributed by atoms with Crippen molar-refractivity contribution >= 4 is 33.7 Å². The van der Waals surface area contributed by atoms with E-state index in [1.54, 1.807) is 24.3 Å². The Morgan fingerprint density at radius 1 is 1.24 bits per heavy atom. The molecule has 1 amide bonds. The summed E-state index contributed by atoms with van der Waals surface area (Å²) in [6.45, 7) is -0.347. The Morgan fingerprint density at radius 2 is 1.90 bits per heavy atom. The SMILES string of the molecule is CN(CC(=O)O)C(=O)Sc1cccc2c(C#N)cccc12. The van der Waals surface area contributed by atoms with Gasteiger partial charge in [0.05, 0.1) is 11.6 Å². The molecule has 0 aliphatic rings. The van der Waals surface area contributed by atoms with Crippen LogP contribution in [0.1, 0.15) is 5.56 Å². The molecule has 2 rings (SSSR count). The zero-order valence-electron chi connectivity index (χ0n) is 11.2. The fourth-order valence-corrected chi connectivity index (χ4v) is 2.75. The number of thioether (sulfide) groups is 1. The number of carboxylic acid groups (broad SMARTS) is 1. The number of amides is 1. The Bertz CT molecular complexity index is 752. The number of benzene rings is 2. The van der Waals surface area contributed by atoms with Crippen molar-refractivity contribution in [1.29, 1.82) is 5.26 Å². The lowest BCUT2D eigenvalue weighted by molar-refractivity contribution is -0.137. The molecular formula is C15H12N2O3S. The van der Waals surface area contributed by atoms with Crippen LogP contribution in [0.15, 0.2) is 41.3 Å². The predicted octanol–water partition coefficient (Wildman–Crippen LogP) is 2.94. The van der Waals surface area contributed by atoms with Crippen molar-refractivity contribution in [3.8, 4) is 6.07 Å². The lowest BCUT2D eigenvalue weighted by atomic mass is 10.1. The van der Waals surface area contributed by atoms with Gasteiger partial charge in [0.25, 0.3) is 5.24 Å². The van der Waals surface area contributed by atoms with Gasteiger partial charge < -0.3 is 10.0 Å². The molecule has 6 heteroatoms. The zero-order valence-corrected chi connectivity index (χ0v) is 12.1. The summed E-state index contributed by atoms with van der Waals surface area (Å²) in [5.74, 6) is -1.06. The quantitative estimate of drug-likeness (QED) is 0.881. The van der Waals surface area contributed by atoms with Gasteiger partial charge in [0.15, 0.2) is 0 Å². The maximum Gasteiger partial charge on any atom is 0.323 e. The number of fused-ring (bicyclic) bond motifs is 1. The van der Waals surface area contributed by atoms with Gasteiger partial charge in [-0.15, -0.1) is 0 Å². The first-order valence-electron chi connectivity index (χ1n) is 6.09. The molecule has 2 aromatic rings. The van der Waals surface area contributed by atoms with E-state index in [9.17, 15) is 9.59 Å². The Hall–Kier alpha value is -2.52. The summed E-state index contributed by atoms with van der Waals surface area (Å²) < 4.78 is 0. The van der Waals surface area contributed by atoms with Crippen LogP contribution in [0.2, 0.25) is 0 Å². The molecule has 0 heterocycles. The Kier molecular flexibility index (Phi) is 4.45. The maximum atomic E-state index is 12.0. The number of carboxylic acids is 1. The summed E-state index contributed by atoms with van der Waals surface area (Å²) in [5.41, 5.74) is 0.543. The van der Waals surface area contributed by atoms with E-state index in [2.05, 4.69) is 6.07 Å². The largest absolute Gasteiger partial charge is 0.480 e. The lowest BCUT2D eigenvalue weighted by Crippen LogP contribution is -2.28. The Morgan fingerprint density at radius 3 is 2.57 bits per heavy atom. The third kappa shape index (κ3) is 3.33. The molecule has 106 valence electrons. The van der Waals surface area contributed by atoms with Crippen LogP contribution in [0.5, 0.6) is 0 Å². The van der Waals surface area contributed by atoms with Gasteiger partial charge in [0, 0.05) is 17.3 Å². The Balaban J connectivity index is 2.33. The molecule has 2 aromatic carbocycles. The molecule has 5 nitrogen and oxygen atoms in total. The van der Waals surface area contributed by atoms with Crippen LogP contribution >= 0.6 is 11.8 Å². The second-order valence-corrected chi connectivity index (χ2v) is 5.38. The van der Waals surface area contributed by atoms with Crippen molar-refractivity contribution in [1.82, 2.24) is 4.90 Å². The van der Waals surface area contributed by atoms with Crippen molar-refractivity contribution in [2.45, 2.75) is 4.90 Å². The second kappa shape index (κ2) is 6.29. The topological polar surface area (TPSA) is 81.4 Å². The molecule has 0 radical (unpaired) electrons. The van der Waals surface area contributed by atoms with Crippen LogP contribution in [-0.4, -0.2) is 34.8 Å². The van der Waals surface area contributed by atoms with E-state index in [-0.39, 0.29) is 11.8 Å². The van der Waals surface area contributed by atoms with E-state index in [1.165, 1.54) is 7.05 Å². The highest BCUT2D eigenvalue weighted by molar-refractivity contribution is 8.13. The molecule has 0 unspecified atom stereocenters. The Labute approximate surface area is 125 Å². The van der Waals surface area contributed by atoms with Crippen molar-refractivity contribution in [2.75, 3.05) is 13.6 Å². The highest BCUT2D eigenvalue weighted by Crippen LogP contribution is 2.30. The monoisotopic (exact) mass is 300 g/mol. The second-order valence-electron chi connectivity index (χ2n) is 4.39. The van der Waals surface area contributed by atoms with E-state index in [0.29, 0.717) is 10.5 Å². The average Bonchev–Trinajstić information content (AvgIpc) is 2.46. The first-order valence-corrected chi connectivity index (χ1v) is 6.91. The number of aliphatic carboxylic acids is 1. The fraction of sp³-hybridized carbons (Fsp3) is 0.133. The highest BCUT2D eigenvalue weighted by Gasteiger charge is 2.15. The van der Waals surface area contributed by atoms with Crippen LogP contribution in [0.3, 0.4) is 0 Å².